The summed E-state index contributed by atoms with van der Waals surface area (Å²) >= 11 is 0. The third kappa shape index (κ3) is 4.25. The molecule has 5 aromatic carbocycles. The van der Waals surface area contributed by atoms with Crippen molar-refractivity contribution < 1.29 is 21.1 Å². The molecule has 0 N–H and O–H groups in total. The van der Waals surface area contributed by atoms with Crippen LogP contribution in [0.5, 0.6) is 0 Å². The Labute approximate surface area is 279 Å². The van der Waals surface area contributed by atoms with Crippen LogP contribution in [0.3, 0.4) is 0 Å². The first-order valence-corrected chi connectivity index (χ1v) is 14.9. The Kier molecular flexibility index (Phi) is 6.70. The number of rotatable bonds is 4. The van der Waals surface area contributed by atoms with E-state index in [0.29, 0.717) is 0 Å². The first kappa shape index (κ1) is 28.2. The van der Waals surface area contributed by atoms with Crippen molar-refractivity contribution in [1.29, 1.82) is 0 Å². The molecule has 4 heterocycles. The minimum Gasteiger partial charge on any atom is -0.367 e. The summed E-state index contributed by atoms with van der Waals surface area (Å²) in [7, 11) is 4.13. The van der Waals surface area contributed by atoms with E-state index in [2.05, 4.69) is 118 Å². The van der Waals surface area contributed by atoms with Gasteiger partial charge in [-0.3, -0.25) is 9.97 Å². The summed E-state index contributed by atoms with van der Waals surface area (Å²) in [4.78, 5) is 14.9. The van der Waals surface area contributed by atoms with E-state index < -0.39 is 0 Å². The third-order valence-corrected chi connectivity index (χ3v) is 8.71. The van der Waals surface area contributed by atoms with Gasteiger partial charge in [0.05, 0.1) is 33.7 Å². The second-order valence-electron chi connectivity index (χ2n) is 11.3. The Morgan fingerprint density at radius 2 is 1.33 bits per heavy atom. The summed E-state index contributed by atoms with van der Waals surface area (Å²) in [6, 6.07) is 46.9. The Morgan fingerprint density at radius 3 is 2.20 bits per heavy atom. The predicted octanol–water partition coefficient (Wildman–Crippen LogP) is 8.55. The molecule has 0 fully saturated rings. The van der Waals surface area contributed by atoms with E-state index in [1.165, 1.54) is 5.56 Å². The van der Waals surface area contributed by atoms with Gasteiger partial charge in [0.1, 0.15) is 5.65 Å². The summed E-state index contributed by atoms with van der Waals surface area (Å²) in [5.74, 6) is 1.72. The maximum absolute atomic E-state index is 5.10. The maximum Gasteiger partial charge on any atom is 2.00 e. The number of para-hydroxylation sites is 3. The molecule has 0 saturated heterocycles. The van der Waals surface area contributed by atoms with Crippen molar-refractivity contribution in [2.24, 2.45) is 14.1 Å². The van der Waals surface area contributed by atoms with Crippen LogP contribution in [0.15, 0.2) is 121 Å². The summed E-state index contributed by atoms with van der Waals surface area (Å²) < 4.78 is 6.45. The largest absolute Gasteiger partial charge is 2.00 e. The molecule has 0 unspecified atom stereocenters. The molecule has 0 aliphatic rings. The summed E-state index contributed by atoms with van der Waals surface area (Å²) in [5, 5.41) is 2.14. The predicted molar refractivity (Wildman–Crippen MR) is 181 cm³/mol. The van der Waals surface area contributed by atoms with Crippen LogP contribution in [-0.2, 0) is 35.2 Å². The molecule has 7 heteroatoms. The summed E-state index contributed by atoms with van der Waals surface area (Å²) in [5.41, 5.74) is 10.9. The number of nitrogens with zero attached hydrogens (tertiary/aromatic N) is 6. The van der Waals surface area contributed by atoms with E-state index in [9.17, 15) is 0 Å². The van der Waals surface area contributed by atoms with Crippen LogP contribution in [0.4, 0.5) is 0 Å². The molecule has 0 radical (unpaired) electrons. The van der Waals surface area contributed by atoms with Crippen LogP contribution in [0, 0.1) is 12.1 Å². The molecule has 0 saturated carbocycles. The molecular weight excluding hydrogens is 748 g/mol. The second-order valence-corrected chi connectivity index (χ2v) is 11.3. The molecular formula is C39H26N6Pt. The zero-order valence-electron chi connectivity index (χ0n) is 25.0. The van der Waals surface area contributed by atoms with E-state index in [4.69, 9.17) is 15.0 Å². The van der Waals surface area contributed by atoms with Gasteiger partial charge in [0.25, 0.3) is 0 Å². The third-order valence-electron chi connectivity index (χ3n) is 8.71. The molecule has 0 spiro atoms. The minimum atomic E-state index is 0. The van der Waals surface area contributed by atoms with Crippen LogP contribution in [0.2, 0.25) is 0 Å². The van der Waals surface area contributed by atoms with Crippen molar-refractivity contribution in [1.82, 2.24) is 28.7 Å². The van der Waals surface area contributed by atoms with Crippen molar-refractivity contribution in [3.05, 3.63) is 134 Å². The van der Waals surface area contributed by atoms with Crippen molar-refractivity contribution in [2.45, 2.75) is 0 Å². The molecule has 46 heavy (non-hydrogen) atoms. The number of aromatic nitrogens is 6. The summed E-state index contributed by atoms with van der Waals surface area (Å²) in [6.45, 7) is 0. The molecule has 0 aliphatic carbocycles. The number of fused-ring (bicyclic) bond motifs is 5. The van der Waals surface area contributed by atoms with Crippen molar-refractivity contribution in [3.8, 4) is 39.6 Å². The fraction of sp³-hybridized carbons (Fsp3) is 0.0513. The van der Waals surface area contributed by atoms with Gasteiger partial charge >= 0.3 is 21.1 Å². The van der Waals surface area contributed by atoms with Gasteiger partial charge in [0, 0.05) is 25.9 Å². The van der Waals surface area contributed by atoms with Gasteiger partial charge in [0.15, 0.2) is 0 Å². The topological polar surface area (TPSA) is 53.5 Å². The Hall–Kier alpha value is -5.32. The molecule has 0 aliphatic heterocycles. The van der Waals surface area contributed by atoms with Gasteiger partial charge in [-0.1, -0.05) is 66.0 Å². The van der Waals surface area contributed by atoms with Gasteiger partial charge in [-0.05, 0) is 46.4 Å². The minimum absolute atomic E-state index is 0. The monoisotopic (exact) mass is 773 g/mol. The molecule has 0 atom stereocenters. The van der Waals surface area contributed by atoms with E-state index >= 15 is 0 Å². The van der Waals surface area contributed by atoms with Gasteiger partial charge < -0.3 is 13.7 Å². The second kappa shape index (κ2) is 10.9. The van der Waals surface area contributed by atoms with Gasteiger partial charge in [-0.2, -0.15) is 0 Å². The SMILES string of the molecule is Cn1c(-c2[c-]c(-n3c4[c-]c(-c5nc6cccc(-c7ccccc7)c6n5C)ccc4c4cccnc43)ccc2)nc2ccccc21.[Pt+2]. The van der Waals surface area contributed by atoms with E-state index in [0.717, 1.165) is 78.0 Å². The normalized spacial score (nSPS) is 11.5. The van der Waals surface area contributed by atoms with Crippen LogP contribution < -0.4 is 0 Å². The zero-order valence-corrected chi connectivity index (χ0v) is 27.3. The smallest absolute Gasteiger partial charge is 0.367 e. The maximum atomic E-state index is 5.10. The number of benzene rings is 5. The Morgan fingerprint density at radius 1 is 0.587 bits per heavy atom. The van der Waals surface area contributed by atoms with Crippen LogP contribution in [0.1, 0.15) is 0 Å². The van der Waals surface area contributed by atoms with Crippen LogP contribution in [-0.4, -0.2) is 28.7 Å². The summed E-state index contributed by atoms with van der Waals surface area (Å²) in [6.07, 6.45) is 1.84. The molecule has 6 nitrogen and oxygen atoms in total. The van der Waals surface area contributed by atoms with Gasteiger partial charge in [-0.15, -0.1) is 53.6 Å². The Balaban J connectivity index is 0.00000312. The number of aryl methyl sites for hydroxylation is 2. The first-order chi connectivity index (χ1) is 22.2. The van der Waals surface area contributed by atoms with Crippen molar-refractivity contribution in [3.63, 3.8) is 0 Å². The van der Waals surface area contributed by atoms with Crippen LogP contribution in [0.25, 0.3) is 83.6 Å². The number of hydrogen-bond acceptors (Lipinski definition) is 3. The molecule has 222 valence electrons. The van der Waals surface area contributed by atoms with E-state index in [1.54, 1.807) is 0 Å². The van der Waals surface area contributed by atoms with Crippen molar-refractivity contribution >= 4 is 44.0 Å². The zero-order chi connectivity index (χ0) is 30.1. The standard InChI is InChI=1S/C39H26N6.Pt/c1-43-34-19-7-6-17-32(34)41-37(43)26-13-8-14-28(23-26)45-35-24-27(20-21-30(35)31-16-10-22-40-39(31)45)38-42-33-18-9-15-29(36(33)44(38)2)25-11-4-3-5-12-25;/h3-22H,1-2H3;/q-2;+2. The fourth-order valence-corrected chi connectivity index (χ4v) is 6.60. The quantitative estimate of drug-likeness (QED) is 0.169. The van der Waals surface area contributed by atoms with Gasteiger partial charge in [-0.25, -0.2) is 4.98 Å². The van der Waals surface area contributed by atoms with E-state index in [-0.39, 0.29) is 21.1 Å². The number of imidazole rings is 2. The average Bonchev–Trinajstić information content (AvgIpc) is 3.74. The number of hydrogen-bond donors (Lipinski definition) is 0. The van der Waals surface area contributed by atoms with Gasteiger partial charge in [0.2, 0.25) is 0 Å². The molecule has 0 amide bonds. The van der Waals surface area contributed by atoms with Crippen LogP contribution >= 0.6 is 0 Å². The molecule has 9 rings (SSSR count). The first-order valence-electron chi connectivity index (χ1n) is 14.9. The number of pyridine rings is 1. The molecule has 9 aromatic rings. The average molecular weight is 774 g/mol. The van der Waals surface area contributed by atoms with Crippen molar-refractivity contribution in [2.75, 3.05) is 0 Å². The molecule has 4 aromatic heterocycles. The molecule has 0 bridgehead atoms. The Bertz CT molecular complexity index is 2570. The fourth-order valence-electron chi connectivity index (χ4n) is 6.60. The van der Waals surface area contributed by atoms with E-state index in [1.807, 2.05) is 43.6 Å².